The fourth-order valence-electron chi connectivity index (χ4n) is 1.73. The lowest BCUT2D eigenvalue weighted by molar-refractivity contribution is -0.191. The summed E-state index contributed by atoms with van der Waals surface area (Å²) in [5, 5.41) is -8.36. The molecule has 0 aliphatic heterocycles. The van der Waals surface area contributed by atoms with Crippen molar-refractivity contribution in [1.29, 1.82) is 0 Å². The molecule has 1 aliphatic carbocycles. The van der Waals surface area contributed by atoms with E-state index in [2.05, 4.69) is 27.9 Å². The number of alkyl halides is 6. The molecule has 0 N–H and O–H groups in total. The fourth-order valence-corrected chi connectivity index (χ4v) is 2.17. The SMILES string of the molecule is FC(F)(Cl)C(OC1CCCCC1)C(F)(F)Cl. The van der Waals surface area contributed by atoms with Gasteiger partial charge in [0.2, 0.25) is 6.10 Å². The van der Waals surface area contributed by atoms with E-state index in [1.165, 1.54) is 0 Å². The summed E-state index contributed by atoms with van der Waals surface area (Å²) in [7, 11) is 0. The highest BCUT2D eigenvalue weighted by Gasteiger charge is 2.55. The quantitative estimate of drug-likeness (QED) is 0.550. The Morgan fingerprint density at radius 1 is 0.938 bits per heavy atom. The lowest BCUT2D eigenvalue weighted by atomic mass is 9.97. The summed E-state index contributed by atoms with van der Waals surface area (Å²) in [6, 6.07) is 0. The molecule has 0 heterocycles. The van der Waals surface area contributed by atoms with E-state index in [-0.39, 0.29) is 0 Å². The van der Waals surface area contributed by atoms with E-state index in [0.717, 1.165) is 19.3 Å². The number of rotatable bonds is 4. The highest BCUT2D eigenvalue weighted by molar-refractivity contribution is 6.25. The van der Waals surface area contributed by atoms with Gasteiger partial charge < -0.3 is 4.74 Å². The average molecular weight is 283 g/mol. The summed E-state index contributed by atoms with van der Waals surface area (Å²) in [5.41, 5.74) is 0. The minimum absolute atomic E-state index is 0.483. The van der Waals surface area contributed by atoms with Gasteiger partial charge in [-0.2, -0.15) is 17.6 Å². The van der Waals surface area contributed by atoms with Gasteiger partial charge in [-0.1, -0.05) is 19.3 Å². The molecule has 0 unspecified atom stereocenters. The molecule has 1 fully saturated rings. The van der Waals surface area contributed by atoms with Gasteiger partial charge in [0, 0.05) is 0 Å². The molecule has 0 radical (unpaired) electrons. The minimum atomic E-state index is -4.18. The maximum absolute atomic E-state index is 12.7. The predicted octanol–water partition coefficient (Wildman–Crippen LogP) is 4.37. The molecule has 16 heavy (non-hydrogen) atoms. The van der Waals surface area contributed by atoms with Crippen LogP contribution in [0.1, 0.15) is 32.1 Å². The van der Waals surface area contributed by atoms with Crippen molar-refractivity contribution in [3.8, 4) is 0 Å². The monoisotopic (exact) mass is 282 g/mol. The van der Waals surface area contributed by atoms with Crippen molar-refractivity contribution >= 4 is 23.2 Å². The largest absolute Gasteiger partial charge is 0.360 e. The van der Waals surface area contributed by atoms with Gasteiger partial charge in [0.15, 0.2) is 0 Å². The van der Waals surface area contributed by atoms with Crippen molar-refractivity contribution in [3.63, 3.8) is 0 Å². The summed E-state index contributed by atoms with van der Waals surface area (Å²) >= 11 is 9.16. The van der Waals surface area contributed by atoms with Crippen LogP contribution in [0.25, 0.3) is 0 Å². The van der Waals surface area contributed by atoms with Gasteiger partial charge in [-0.25, -0.2) is 0 Å². The Bertz CT molecular complexity index is 207. The highest BCUT2D eigenvalue weighted by atomic mass is 35.5. The second-order valence-electron chi connectivity index (χ2n) is 3.86. The Labute approximate surface area is 101 Å². The van der Waals surface area contributed by atoms with E-state index in [1.807, 2.05) is 0 Å². The second kappa shape index (κ2) is 5.27. The van der Waals surface area contributed by atoms with Crippen LogP contribution in [0.3, 0.4) is 0 Å². The average Bonchev–Trinajstić information content (AvgIpc) is 2.12. The molecule has 0 spiro atoms. The Kier molecular flexibility index (Phi) is 4.72. The van der Waals surface area contributed by atoms with Crippen LogP contribution >= 0.6 is 23.2 Å². The van der Waals surface area contributed by atoms with Crippen molar-refractivity contribution < 1.29 is 22.3 Å². The third-order valence-electron chi connectivity index (χ3n) is 2.48. The lowest BCUT2D eigenvalue weighted by Gasteiger charge is -2.31. The Balaban J connectivity index is 2.63. The molecule has 96 valence electrons. The van der Waals surface area contributed by atoms with Crippen molar-refractivity contribution in [2.75, 3.05) is 0 Å². The van der Waals surface area contributed by atoms with Crippen LogP contribution in [0.4, 0.5) is 17.6 Å². The Morgan fingerprint density at radius 3 is 1.75 bits per heavy atom. The molecular weight excluding hydrogens is 271 g/mol. The first-order chi connectivity index (χ1) is 7.21. The van der Waals surface area contributed by atoms with Crippen molar-refractivity contribution in [2.45, 2.75) is 55.1 Å². The van der Waals surface area contributed by atoms with Gasteiger partial charge in [-0.05, 0) is 36.0 Å². The zero-order valence-electron chi connectivity index (χ0n) is 8.37. The van der Waals surface area contributed by atoms with Crippen LogP contribution in [0.5, 0.6) is 0 Å². The molecule has 1 aliphatic rings. The Morgan fingerprint density at radius 2 is 1.38 bits per heavy atom. The van der Waals surface area contributed by atoms with Crippen molar-refractivity contribution in [3.05, 3.63) is 0 Å². The van der Waals surface area contributed by atoms with E-state index < -0.39 is 23.0 Å². The fraction of sp³-hybridized carbons (Fsp3) is 1.00. The van der Waals surface area contributed by atoms with Gasteiger partial charge in [-0.15, -0.1) is 0 Å². The third-order valence-corrected chi connectivity index (χ3v) is 2.87. The highest BCUT2D eigenvalue weighted by Crippen LogP contribution is 2.40. The molecule has 0 bridgehead atoms. The summed E-state index contributed by atoms with van der Waals surface area (Å²) in [6.45, 7) is 0. The van der Waals surface area contributed by atoms with E-state index in [4.69, 9.17) is 0 Å². The smallest absolute Gasteiger partial charge is 0.354 e. The maximum Gasteiger partial charge on any atom is 0.354 e. The maximum atomic E-state index is 12.7. The van der Waals surface area contributed by atoms with Crippen LogP contribution in [0, 0.1) is 0 Å². The molecule has 0 atom stereocenters. The van der Waals surface area contributed by atoms with Crippen LogP contribution in [0.15, 0.2) is 0 Å². The van der Waals surface area contributed by atoms with Gasteiger partial charge in [0.25, 0.3) is 0 Å². The van der Waals surface area contributed by atoms with E-state index in [9.17, 15) is 17.6 Å². The summed E-state index contributed by atoms with van der Waals surface area (Å²) in [6.07, 6.45) is 0.0730. The number of hydrogen-bond acceptors (Lipinski definition) is 1. The lowest BCUT2D eigenvalue weighted by Crippen LogP contribution is -2.45. The molecule has 0 aromatic heterocycles. The van der Waals surface area contributed by atoms with Crippen LogP contribution in [-0.4, -0.2) is 23.0 Å². The minimum Gasteiger partial charge on any atom is -0.360 e. The topological polar surface area (TPSA) is 9.23 Å². The second-order valence-corrected chi connectivity index (χ2v) is 4.87. The molecule has 1 rings (SSSR count). The normalized spacial score (nSPS) is 20.4. The third kappa shape index (κ3) is 4.26. The molecule has 1 saturated carbocycles. The van der Waals surface area contributed by atoms with Gasteiger partial charge in [0.05, 0.1) is 6.10 Å². The summed E-state index contributed by atoms with van der Waals surface area (Å²) in [5.74, 6) is 0. The predicted molar refractivity (Wildman–Crippen MR) is 53.3 cm³/mol. The zero-order chi connectivity index (χ0) is 12.4. The standard InChI is InChI=1S/C9H12Cl2F4O/c10-8(12,13)7(9(11,14)15)16-6-4-2-1-3-5-6/h6-7H,1-5H2. The molecule has 0 amide bonds. The van der Waals surface area contributed by atoms with Gasteiger partial charge >= 0.3 is 10.8 Å². The first kappa shape index (κ1) is 14.3. The van der Waals surface area contributed by atoms with E-state index in [1.54, 1.807) is 0 Å². The van der Waals surface area contributed by atoms with Crippen LogP contribution in [-0.2, 0) is 4.74 Å². The Hall–Kier alpha value is 0.260. The van der Waals surface area contributed by atoms with E-state index in [0.29, 0.717) is 12.8 Å². The van der Waals surface area contributed by atoms with Crippen LogP contribution in [0.2, 0.25) is 0 Å². The molecule has 0 aromatic rings. The van der Waals surface area contributed by atoms with Crippen LogP contribution < -0.4 is 0 Å². The van der Waals surface area contributed by atoms with Gasteiger partial charge in [-0.3, -0.25) is 0 Å². The number of hydrogen-bond donors (Lipinski definition) is 0. The van der Waals surface area contributed by atoms with Crippen molar-refractivity contribution in [2.24, 2.45) is 0 Å². The molecular formula is C9H12Cl2F4O. The molecule has 7 heteroatoms. The molecule has 1 nitrogen and oxygen atoms in total. The van der Waals surface area contributed by atoms with E-state index >= 15 is 0 Å². The molecule has 0 saturated heterocycles. The number of ether oxygens (including phenoxy) is 1. The van der Waals surface area contributed by atoms with Crippen molar-refractivity contribution in [1.82, 2.24) is 0 Å². The van der Waals surface area contributed by atoms with Gasteiger partial charge in [0.1, 0.15) is 0 Å². The molecule has 0 aromatic carbocycles. The summed E-state index contributed by atoms with van der Waals surface area (Å²) in [4.78, 5) is 0. The first-order valence-corrected chi connectivity index (χ1v) is 5.76. The summed E-state index contributed by atoms with van der Waals surface area (Å²) < 4.78 is 55.5. The number of halogens is 6. The zero-order valence-corrected chi connectivity index (χ0v) is 9.88. The first-order valence-electron chi connectivity index (χ1n) is 5.00.